The van der Waals surface area contributed by atoms with Gasteiger partial charge < -0.3 is 14.5 Å². The molecular weight excluding hydrogens is 269 g/mol. The average Bonchev–Trinajstić information content (AvgIpc) is 2.56. The molecule has 0 N–H and O–H groups in total. The van der Waals surface area contributed by atoms with E-state index in [9.17, 15) is 4.39 Å². The van der Waals surface area contributed by atoms with Crippen LogP contribution >= 0.6 is 0 Å². The van der Waals surface area contributed by atoms with Crippen LogP contribution in [0.25, 0.3) is 0 Å². The minimum atomic E-state index is -0.257. The fourth-order valence-corrected chi connectivity index (χ4v) is 2.59. The highest BCUT2D eigenvalue weighted by molar-refractivity contribution is 5.52. The summed E-state index contributed by atoms with van der Waals surface area (Å²) >= 11 is 0. The summed E-state index contributed by atoms with van der Waals surface area (Å²) < 4.78 is 19.0. The SMILES string of the molecule is COc1cccc(N2CCN(c3ncccc3F)CC2)c1. The van der Waals surface area contributed by atoms with Crippen LogP contribution in [0.15, 0.2) is 42.6 Å². The maximum absolute atomic E-state index is 13.8. The summed E-state index contributed by atoms with van der Waals surface area (Å²) in [6.07, 6.45) is 1.63. The number of anilines is 2. The zero-order chi connectivity index (χ0) is 14.7. The van der Waals surface area contributed by atoms with Crippen molar-refractivity contribution < 1.29 is 9.13 Å². The Hall–Kier alpha value is -2.30. The second-order valence-corrected chi connectivity index (χ2v) is 4.98. The van der Waals surface area contributed by atoms with Crippen LogP contribution in [0, 0.1) is 5.82 Å². The van der Waals surface area contributed by atoms with Gasteiger partial charge in [0.05, 0.1) is 7.11 Å². The maximum Gasteiger partial charge on any atom is 0.165 e. The summed E-state index contributed by atoms with van der Waals surface area (Å²) in [4.78, 5) is 8.41. The van der Waals surface area contributed by atoms with Crippen LogP contribution in [-0.2, 0) is 0 Å². The molecule has 2 heterocycles. The molecule has 5 heteroatoms. The Morgan fingerprint density at radius 3 is 2.52 bits per heavy atom. The van der Waals surface area contributed by atoms with Crippen molar-refractivity contribution in [3.8, 4) is 5.75 Å². The van der Waals surface area contributed by atoms with Gasteiger partial charge in [0.1, 0.15) is 5.75 Å². The van der Waals surface area contributed by atoms with E-state index in [1.54, 1.807) is 19.4 Å². The molecule has 1 saturated heterocycles. The third-order valence-electron chi connectivity index (χ3n) is 3.74. The fourth-order valence-electron chi connectivity index (χ4n) is 2.59. The molecule has 1 aliphatic heterocycles. The first-order valence-electron chi connectivity index (χ1n) is 7.02. The highest BCUT2D eigenvalue weighted by Crippen LogP contribution is 2.24. The molecule has 0 radical (unpaired) electrons. The Morgan fingerprint density at radius 2 is 1.81 bits per heavy atom. The molecule has 0 spiro atoms. The number of rotatable bonds is 3. The average molecular weight is 287 g/mol. The van der Waals surface area contributed by atoms with Crippen molar-refractivity contribution in [2.75, 3.05) is 43.1 Å². The van der Waals surface area contributed by atoms with Crippen molar-refractivity contribution in [1.82, 2.24) is 4.98 Å². The zero-order valence-corrected chi connectivity index (χ0v) is 12.0. The molecule has 1 fully saturated rings. The van der Waals surface area contributed by atoms with Crippen LogP contribution in [0.2, 0.25) is 0 Å². The van der Waals surface area contributed by atoms with E-state index in [2.05, 4.69) is 16.0 Å². The molecule has 0 amide bonds. The number of methoxy groups -OCH3 is 1. The van der Waals surface area contributed by atoms with E-state index in [1.165, 1.54) is 6.07 Å². The summed E-state index contributed by atoms with van der Waals surface area (Å²) in [5, 5.41) is 0. The lowest BCUT2D eigenvalue weighted by Crippen LogP contribution is -2.47. The number of aromatic nitrogens is 1. The smallest absolute Gasteiger partial charge is 0.165 e. The number of ether oxygens (including phenoxy) is 1. The molecule has 1 aromatic heterocycles. The fraction of sp³-hybridized carbons (Fsp3) is 0.312. The molecule has 0 unspecified atom stereocenters. The topological polar surface area (TPSA) is 28.6 Å². The van der Waals surface area contributed by atoms with Crippen LogP contribution in [0.4, 0.5) is 15.9 Å². The van der Waals surface area contributed by atoms with Gasteiger partial charge in [0, 0.05) is 44.1 Å². The van der Waals surface area contributed by atoms with E-state index < -0.39 is 0 Å². The normalized spacial score (nSPS) is 15.1. The predicted molar refractivity (Wildman–Crippen MR) is 81.6 cm³/mol. The summed E-state index contributed by atoms with van der Waals surface area (Å²) in [5.41, 5.74) is 1.13. The van der Waals surface area contributed by atoms with Gasteiger partial charge in [0.25, 0.3) is 0 Å². The number of halogens is 1. The summed E-state index contributed by atoms with van der Waals surface area (Å²) in [6, 6.07) is 11.1. The van der Waals surface area contributed by atoms with Crippen LogP contribution in [0.1, 0.15) is 0 Å². The molecule has 0 aliphatic carbocycles. The van der Waals surface area contributed by atoms with E-state index in [1.807, 2.05) is 23.1 Å². The van der Waals surface area contributed by atoms with E-state index >= 15 is 0 Å². The van der Waals surface area contributed by atoms with Crippen molar-refractivity contribution in [3.05, 3.63) is 48.4 Å². The highest BCUT2D eigenvalue weighted by atomic mass is 19.1. The van der Waals surface area contributed by atoms with Crippen molar-refractivity contribution in [1.29, 1.82) is 0 Å². The maximum atomic E-state index is 13.8. The molecular formula is C16H18FN3O. The molecule has 4 nitrogen and oxygen atoms in total. The van der Waals surface area contributed by atoms with Crippen LogP contribution in [0.3, 0.4) is 0 Å². The number of hydrogen-bond donors (Lipinski definition) is 0. The first kappa shape index (κ1) is 13.7. The zero-order valence-electron chi connectivity index (χ0n) is 12.0. The molecule has 2 aromatic rings. The van der Waals surface area contributed by atoms with Gasteiger partial charge in [0.2, 0.25) is 0 Å². The van der Waals surface area contributed by atoms with Crippen LogP contribution in [-0.4, -0.2) is 38.3 Å². The molecule has 3 rings (SSSR count). The Bertz CT molecular complexity index is 612. The lowest BCUT2D eigenvalue weighted by Gasteiger charge is -2.36. The number of nitrogens with zero attached hydrogens (tertiary/aromatic N) is 3. The van der Waals surface area contributed by atoms with Crippen molar-refractivity contribution in [2.45, 2.75) is 0 Å². The van der Waals surface area contributed by atoms with Gasteiger partial charge in [-0.3, -0.25) is 0 Å². The third-order valence-corrected chi connectivity index (χ3v) is 3.74. The quantitative estimate of drug-likeness (QED) is 0.867. The van der Waals surface area contributed by atoms with Crippen LogP contribution in [0.5, 0.6) is 5.75 Å². The van der Waals surface area contributed by atoms with Crippen molar-refractivity contribution in [2.24, 2.45) is 0 Å². The van der Waals surface area contributed by atoms with Gasteiger partial charge in [-0.05, 0) is 24.3 Å². The third kappa shape index (κ3) is 2.91. The van der Waals surface area contributed by atoms with E-state index in [0.29, 0.717) is 5.82 Å². The summed E-state index contributed by atoms with van der Waals surface area (Å²) in [7, 11) is 1.67. The van der Waals surface area contributed by atoms with E-state index in [-0.39, 0.29) is 5.82 Å². The summed E-state index contributed by atoms with van der Waals surface area (Å²) in [5.74, 6) is 1.04. The van der Waals surface area contributed by atoms with Gasteiger partial charge in [-0.25, -0.2) is 9.37 Å². The molecule has 0 atom stereocenters. The summed E-state index contributed by atoms with van der Waals surface area (Å²) in [6.45, 7) is 3.18. The standard InChI is InChI=1S/C16H18FN3O/c1-21-14-5-2-4-13(12-14)19-8-10-20(11-9-19)16-15(17)6-3-7-18-16/h2-7,12H,8-11H2,1H3. The van der Waals surface area contributed by atoms with Crippen LogP contribution < -0.4 is 14.5 Å². The minimum absolute atomic E-state index is 0.257. The van der Waals surface area contributed by atoms with Crippen molar-refractivity contribution in [3.63, 3.8) is 0 Å². The van der Waals surface area contributed by atoms with E-state index in [0.717, 1.165) is 37.6 Å². The Kier molecular flexibility index (Phi) is 3.90. The Balaban J connectivity index is 1.69. The largest absolute Gasteiger partial charge is 0.497 e. The molecule has 0 saturated carbocycles. The van der Waals surface area contributed by atoms with Gasteiger partial charge in [0.15, 0.2) is 11.6 Å². The lowest BCUT2D eigenvalue weighted by molar-refractivity contribution is 0.414. The Morgan fingerprint density at radius 1 is 1.05 bits per heavy atom. The van der Waals surface area contributed by atoms with Gasteiger partial charge in [-0.15, -0.1) is 0 Å². The first-order valence-corrected chi connectivity index (χ1v) is 7.02. The monoisotopic (exact) mass is 287 g/mol. The van der Waals surface area contributed by atoms with Gasteiger partial charge >= 0.3 is 0 Å². The second-order valence-electron chi connectivity index (χ2n) is 4.98. The predicted octanol–water partition coefficient (Wildman–Crippen LogP) is 2.56. The van der Waals surface area contributed by atoms with E-state index in [4.69, 9.17) is 4.74 Å². The number of pyridine rings is 1. The second kappa shape index (κ2) is 5.99. The molecule has 110 valence electrons. The molecule has 1 aliphatic rings. The molecule has 21 heavy (non-hydrogen) atoms. The number of benzene rings is 1. The highest BCUT2D eigenvalue weighted by Gasteiger charge is 2.20. The van der Waals surface area contributed by atoms with Crippen molar-refractivity contribution >= 4 is 11.5 Å². The molecule has 0 bridgehead atoms. The van der Waals surface area contributed by atoms with Gasteiger partial charge in [-0.1, -0.05) is 6.07 Å². The minimum Gasteiger partial charge on any atom is -0.497 e. The Labute approximate surface area is 123 Å². The lowest BCUT2D eigenvalue weighted by atomic mass is 10.2. The number of hydrogen-bond acceptors (Lipinski definition) is 4. The first-order chi connectivity index (χ1) is 10.3. The number of piperazine rings is 1. The molecule has 1 aromatic carbocycles. The van der Waals surface area contributed by atoms with Gasteiger partial charge in [-0.2, -0.15) is 0 Å².